The summed E-state index contributed by atoms with van der Waals surface area (Å²) in [7, 11) is 1.22. The molecule has 1 N–H and O–H groups in total. The zero-order valence-corrected chi connectivity index (χ0v) is 11.4. The minimum atomic E-state index is -0.876. The molecule has 0 aliphatic rings. The highest BCUT2D eigenvalue weighted by atomic mass is 16.7. The molecule has 2 rings (SSSR count). The number of carbonyl (C=O) groups is 1. The SMILES string of the molecule is COC(=O)OC(=NC(=N)c1ccccc1)c1ccccc1. The van der Waals surface area contributed by atoms with Gasteiger partial charge < -0.3 is 9.47 Å². The monoisotopic (exact) mass is 282 g/mol. The highest BCUT2D eigenvalue weighted by molar-refractivity contribution is 6.10. The molecule has 0 unspecified atom stereocenters. The van der Waals surface area contributed by atoms with E-state index in [1.54, 1.807) is 36.4 Å². The number of nitrogens with zero attached hydrogens (tertiary/aromatic N) is 1. The molecule has 21 heavy (non-hydrogen) atoms. The molecule has 0 radical (unpaired) electrons. The van der Waals surface area contributed by atoms with Crippen molar-refractivity contribution in [2.24, 2.45) is 4.99 Å². The van der Waals surface area contributed by atoms with E-state index >= 15 is 0 Å². The van der Waals surface area contributed by atoms with Crippen molar-refractivity contribution >= 4 is 17.9 Å². The number of benzene rings is 2. The first-order valence-electron chi connectivity index (χ1n) is 6.24. The molecule has 0 amide bonds. The van der Waals surface area contributed by atoms with Crippen molar-refractivity contribution in [2.45, 2.75) is 0 Å². The molecule has 106 valence electrons. The van der Waals surface area contributed by atoms with Gasteiger partial charge in [0.1, 0.15) is 0 Å². The Labute approximate surface area is 122 Å². The third kappa shape index (κ3) is 4.01. The van der Waals surface area contributed by atoms with Crippen LogP contribution in [0.3, 0.4) is 0 Å². The van der Waals surface area contributed by atoms with Gasteiger partial charge in [0.15, 0.2) is 5.84 Å². The lowest BCUT2D eigenvalue weighted by molar-refractivity contribution is 0.118. The summed E-state index contributed by atoms with van der Waals surface area (Å²) in [6, 6.07) is 17.9. The van der Waals surface area contributed by atoms with Gasteiger partial charge in [-0.1, -0.05) is 48.5 Å². The van der Waals surface area contributed by atoms with Crippen molar-refractivity contribution in [1.29, 1.82) is 5.41 Å². The average molecular weight is 282 g/mol. The smallest absolute Gasteiger partial charge is 0.437 e. The molecule has 0 saturated heterocycles. The number of rotatable bonds is 2. The Kier molecular flexibility index (Phi) is 4.82. The molecule has 0 heterocycles. The van der Waals surface area contributed by atoms with Crippen molar-refractivity contribution in [1.82, 2.24) is 0 Å². The van der Waals surface area contributed by atoms with Gasteiger partial charge in [-0.2, -0.15) is 4.99 Å². The second-order valence-electron chi connectivity index (χ2n) is 4.05. The van der Waals surface area contributed by atoms with Crippen LogP contribution in [0.15, 0.2) is 65.7 Å². The molecule has 2 aromatic rings. The maximum absolute atomic E-state index is 11.3. The summed E-state index contributed by atoms with van der Waals surface area (Å²) in [6.45, 7) is 0. The lowest BCUT2D eigenvalue weighted by Gasteiger charge is -2.07. The Morgan fingerprint density at radius 3 is 2.00 bits per heavy atom. The van der Waals surface area contributed by atoms with Gasteiger partial charge in [-0.15, -0.1) is 0 Å². The molecular weight excluding hydrogens is 268 g/mol. The minimum absolute atomic E-state index is 0.00152. The van der Waals surface area contributed by atoms with Gasteiger partial charge in [0.05, 0.1) is 7.11 Å². The van der Waals surface area contributed by atoms with Crippen LogP contribution in [0, 0.1) is 5.41 Å². The number of ether oxygens (including phenoxy) is 2. The first-order chi connectivity index (χ1) is 10.2. The summed E-state index contributed by atoms with van der Waals surface area (Å²) < 4.78 is 9.50. The van der Waals surface area contributed by atoms with Crippen molar-refractivity contribution in [2.75, 3.05) is 7.11 Å². The lowest BCUT2D eigenvalue weighted by atomic mass is 10.2. The van der Waals surface area contributed by atoms with Crippen molar-refractivity contribution in [3.63, 3.8) is 0 Å². The van der Waals surface area contributed by atoms with Crippen LogP contribution in [-0.4, -0.2) is 25.0 Å². The second-order valence-corrected chi connectivity index (χ2v) is 4.05. The topological polar surface area (TPSA) is 71.7 Å². The van der Waals surface area contributed by atoms with Crippen molar-refractivity contribution in [3.8, 4) is 0 Å². The third-order valence-electron chi connectivity index (χ3n) is 2.63. The molecule has 0 saturated carbocycles. The summed E-state index contributed by atoms with van der Waals surface area (Å²) >= 11 is 0. The molecule has 0 atom stereocenters. The van der Waals surface area contributed by atoms with Crippen LogP contribution in [0.2, 0.25) is 0 Å². The van der Waals surface area contributed by atoms with E-state index in [2.05, 4.69) is 9.73 Å². The van der Waals surface area contributed by atoms with Gasteiger partial charge in [-0.05, 0) is 12.1 Å². The van der Waals surface area contributed by atoms with Crippen molar-refractivity contribution < 1.29 is 14.3 Å². The second kappa shape index (κ2) is 7.00. The molecule has 0 aromatic heterocycles. The molecule has 0 aliphatic carbocycles. The average Bonchev–Trinajstić information content (AvgIpc) is 2.55. The predicted molar refractivity (Wildman–Crippen MR) is 79.7 cm³/mol. The molecule has 0 spiro atoms. The zero-order chi connectivity index (χ0) is 15.1. The number of amidine groups is 1. The summed E-state index contributed by atoms with van der Waals surface area (Å²) in [5.74, 6) is 0.0228. The van der Waals surface area contributed by atoms with E-state index in [-0.39, 0.29) is 11.7 Å². The van der Waals surface area contributed by atoms with Crippen molar-refractivity contribution in [3.05, 3.63) is 71.8 Å². The van der Waals surface area contributed by atoms with Gasteiger partial charge >= 0.3 is 6.16 Å². The van der Waals surface area contributed by atoms with Crippen LogP contribution < -0.4 is 0 Å². The van der Waals surface area contributed by atoms with Crippen LogP contribution in [0.4, 0.5) is 4.79 Å². The van der Waals surface area contributed by atoms with E-state index in [4.69, 9.17) is 10.1 Å². The fourth-order valence-corrected chi connectivity index (χ4v) is 1.61. The largest absolute Gasteiger partial charge is 0.514 e. The van der Waals surface area contributed by atoms with Crippen LogP contribution in [0.25, 0.3) is 0 Å². The number of hydrogen-bond donors (Lipinski definition) is 1. The van der Waals surface area contributed by atoms with Crippen LogP contribution in [-0.2, 0) is 9.47 Å². The Morgan fingerprint density at radius 1 is 0.952 bits per heavy atom. The van der Waals surface area contributed by atoms with E-state index in [1.165, 1.54) is 7.11 Å². The van der Waals surface area contributed by atoms with E-state index < -0.39 is 6.16 Å². The summed E-state index contributed by atoms with van der Waals surface area (Å²) in [5, 5.41) is 7.99. The molecule has 0 fully saturated rings. The van der Waals surface area contributed by atoms with Gasteiger partial charge in [-0.25, -0.2) is 4.79 Å². The quantitative estimate of drug-likeness (QED) is 0.522. The maximum Gasteiger partial charge on any atom is 0.514 e. The first kappa shape index (κ1) is 14.5. The highest BCUT2D eigenvalue weighted by Crippen LogP contribution is 2.07. The van der Waals surface area contributed by atoms with E-state index in [0.717, 1.165) is 0 Å². The van der Waals surface area contributed by atoms with E-state index in [1.807, 2.05) is 24.3 Å². The number of nitrogens with one attached hydrogen (secondary N) is 1. The van der Waals surface area contributed by atoms with Gasteiger partial charge in [0, 0.05) is 11.1 Å². The normalized spacial score (nSPS) is 10.8. The van der Waals surface area contributed by atoms with Crippen LogP contribution >= 0.6 is 0 Å². The molecule has 0 bridgehead atoms. The Morgan fingerprint density at radius 2 is 1.48 bits per heavy atom. The molecule has 5 heteroatoms. The molecule has 2 aromatic carbocycles. The summed E-state index contributed by atoms with van der Waals surface area (Å²) in [5.41, 5.74) is 1.21. The number of hydrogen-bond acceptors (Lipinski definition) is 4. The minimum Gasteiger partial charge on any atom is -0.437 e. The highest BCUT2D eigenvalue weighted by Gasteiger charge is 2.12. The molecular formula is C16H14N2O3. The lowest BCUT2D eigenvalue weighted by Crippen LogP contribution is -2.15. The van der Waals surface area contributed by atoms with E-state index in [9.17, 15) is 4.79 Å². The standard InChI is InChI=1S/C16H14N2O3/c1-20-16(19)21-15(13-10-6-3-7-11-13)18-14(17)12-8-4-2-5-9-12/h2-11,17H,1H3. The third-order valence-corrected chi connectivity index (χ3v) is 2.63. The number of aliphatic imine (C=N–C) groups is 1. The van der Waals surface area contributed by atoms with Gasteiger partial charge in [0.25, 0.3) is 0 Å². The van der Waals surface area contributed by atoms with Gasteiger partial charge in [-0.3, -0.25) is 5.41 Å². The fraction of sp³-hybridized carbons (Fsp3) is 0.0625. The summed E-state index contributed by atoms with van der Waals surface area (Å²) in [4.78, 5) is 15.4. The van der Waals surface area contributed by atoms with Crippen LogP contribution in [0.5, 0.6) is 0 Å². The summed E-state index contributed by atoms with van der Waals surface area (Å²) in [6.07, 6.45) is -0.876. The van der Waals surface area contributed by atoms with Gasteiger partial charge in [0.2, 0.25) is 5.90 Å². The first-order valence-corrected chi connectivity index (χ1v) is 6.24. The fourth-order valence-electron chi connectivity index (χ4n) is 1.61. The zero-order valence-electron chi connectivity index (χ0n) is 11.4. The molecule has 5 nitrogen and oxygen atoms in total. The number of methoxy groups -OCH3 is 1. The van der Waals surface area contributed by atoms with E-state index in [0.29, 0.717) is 11.1 Å². The Bertz CT molecular complexity index is 652. The molecule has 0 aliphatic heterocycles. The Balaban J connectivity index is 2.33. The van der Waals surface area contributed by atoms with Crippen LogP contribution in [0.1, 0.15) is 11.1 Å². The predicted octanol–water partition coefficient (Wildman–Crippen LogP) is 3.24. The Hall–Kier alpha value is -2.95. The number of carbonyl (C=O) groups excluding carboxylic acids is 1. The maximum atomic E-state index is 11.3.